The van der Waals surface area contributed by atoms with E-state index in [9.17, 15) is 13.2 Å². The fourth-order valence-corrected chi connectivity index (χ4v) is 2.44. The highest BCUT2D eigenvalue weighted by Crippen LogP contribution is 1.99. The molecule has 0 fully saturated rings. The van der Waals surface area contributed by atoms with Gasteiger partial charge >= 0.3 is 0 Å². The van der Waals surface area contributed by atoms with Gasteiger partial charge in [0.15, 0.2) is 0 Å². The fourth-order valence-electron chi connectivity index (χ4n) is 1.31. The van der Waals surface area contributed by atoms with E-state index in [1.54, 1.807) is 7.11 Å². The van der Waals surface area contributed by atoms with E-state index in [0.29, 0.717) is 26.2 Å². The lowest BCUT2D eigenvalue weighted by Gasteiger charge is -2.06. The van der Waals surface area contributed by atoms with E-state index in [2.05, 4.69) is 9.71 Å². The molecule has 1 rings (SSSR count). The minimum atomic E-state index is -3.76. The Kier molecular flexibility index (Phi) is 6.71. The number of rotatable bonds is 9. The molecule has 0 radical (unpaired) electrons. The average Bonchev–Trinajstić information content (AvgIpc) is 2.38. The summed E-state index contributed by atoms with van der Waals surface area (Å²) < 4.78 is 35.9. The highest BCUT2D eigenvalue weighted by molar-refractivity contribution is 7.89. The Morgan fingerprint density at radius 3 is 2.79 bits per heavy atom. The van der Waals surface area contributed by atoms with Gasteiger partial charge in [-0.15, -0.1) is 0 Å². The van der Waals surface area contributed by atoms with Crippen LogP contribution in [0.25, 0.3) is 0 Å². The summed E-state index contributed by atoms with van der Waals surface area (Å²) in [7, 11) is -2.18. The minimum Gasteiger partial charge on any atom is -0.382 e. The van der Waals surface area contributed by atoms with Gasteiger partial charge in [0.2, 0.25) is 15.5 Å². The summed E-state index contributed by atoms with van der Waals surface area (Å²) in [5.74, 6) is 0. The van der Waals surface area contributed by atoms with Crippen LogP contribution in [0.15, 0.2) is 28.2 Å². The van der Waals surface area contributed by atoms with Crippen LogP contribution in [0.5, 0.6) is 0 Å². The topological polar surface area (TPSA) is 97.5 Å². The normalized spacial score (nSPS) is 11.6. The van der Waals surface area contributed by atoms with E-state index in [0.717, 1.165) is 0 Å². The molecule has 0 aliphatic heterocycles. The summed E-state index contributed by atoms with van der Waals surface area (Å²) in [6.45, 7) is 1.62. The highest BCUT2D eigenvalue weighted by atomic mass is 32.2. The molecular formula is C11H18N2O5S. The Morgan fingerprint density at radius 1 is 1.32 bits per heavy atom. The first-order valence-corrected chi connectivity index (χ1v) is 7.29. The highest BCUT2D eigenvalue weighted by Gasteiger charge is 2.16. The molecule has 19 heavy (non-hydrogen) atoms. The summed E-state index contributed by atoms with van der Waals surface area (Å²) in [5, 5.41) is 0. The molecule has 0 unspecified atom stereocenters. The second-order valence-corrected chi connectivity index (χ2v) is 5.46. The van der Waals surface area contributed by atoms with Crippen molar-refractivity contribution in [2.24, 2.45) is 0 Å². The van der Waals surface area contributed by atoms with Gasteiger partial charge in [-0.25, -0.2) is 13.1 Å². The molecular weight excluding hydrogens is 272 g/mol. The number of nitrogens with one attached hydrogen (secondary N) is 2. The third-order valence-electron chi connectivity index (χ3n) is 2.27. The lowest BCUT2D eigenvalue weighted by atomic mass is 10.5. The predicted molar refractivity (Wildman–Crippen MR) is 69.6 cm³/mol. The van der Waals surface area contributed by atoms with Gasteiger partial charge in [-0.3, -0.25) is 4.79 Å². The van der Waals surface area contributed by atoms with Crippen molar-refractivity contribution >= 4 is 10.0 Å². The van der Waals surface area contributed by atoms with Crippen LogP contribution in [0.4, 0.5) is 0 Å². The third-order valence-corrected chi connectivity index (χ3v) is 3.75. The lowest BCUT2D eigenvalue weighted by Crippen LogP contribution is -2.29. The average molecular weight is 290 g/mol. The van der Waals surface area contributed by atoms with Crippen molar-refractivity contribution < 1.29 is 17.9 Å². The van der Waals surface area contributed by atoms with Crippen molar-refractivity contribution in [3.63, 3.8) is 0 Å². The zero-order chi connectivity index (χ0) is 14.1. The van der Waals surface area contributed by atoms with Crippen LogP contribution in [0.1, 0.15) is 6.42 Å². The molecule has 0 spiro atoms. The minimum absolute atomic E-state index is 0.212. The Hall–Kier alpha value is -1.22. The summed E-state index contributed by atoms with van der Waals surface area (Å²) in [4.78, 5) is 13.7. The van der Waals surface area contributed by atoms with E-state index in [1.165, 1.54) is 18.5 Å². The van der Waals surface area contributed by atoms with Crippen molar-refractivity contribution in [1.29, 1.82) is 0 Å². The second kappa shape index (κ2) is 8.05. The molecule has 1 heterocycles. The molecule has 8 heteroatoms. The molecule has 0 bridgehead atoms. The second-order valence-electron chi connectivity index (χ2n) is 3.73. The van der Waals surface area contributed by atoms with E-state index in [1.807, 2.05) is 0 Å². The van der Waals surface area contributed by atoms with E-state index >= 15 is 0 Å². The summed E-state index contributed by atoms with van der Waals surface area (Å²) in [6, 6.07) is 1.17. The number of sulfonamides is 1. The Labute approximate surface area is 112 Å². The van der Waals surface area contributed by atoms with Crippen molar-refractivity contribution in [1.82, 2.24) is 9.71 Å². The van der Waals surface area contributed by atoms with Gasteiger partial charge in [-0.2, -0.15) is 0 Å². The first kappa shape index (κ1) is 15.8. The number of methoxy groups -OCH3 is 1. The number of aromatic amines is 1. The molecule has 0 saturated carbocycles. The van der Waals surface area contributed by atoms with Gasteiger partial charge in [0.05, 0.1) is 13.2 Å². The quantitative estimate of drug-likeness (QED) is 0.609. The smallest absolute Gasteiger partial charge is 0.245 e. The molecule has 1 aromatic rings. The number of H-pyrrole nitrogens is 1. The zero-order valence-electron chi connectivity index (χ0n) is 10.7. The first-order valence-electron chi connectivity index (χ1n) is 5.81. The Balaban J connectivity index is 2.36. The summed E-state index contributed by atoms with van der Waals surface area (Å²) in [6.07, 6.45) is 3.07. The standard InChI is InChI=1S/C11H18N2O5S/c1-17-7-8-18-6-2-4-13-19(15,16)11-9-12-5-3-10(11)14/h3,5,9,13H,2,4,6-8H2,1H3,(H,12,14). The molecule has 0 aliphatic carbocycles. The number of pyridine rings is 1. The van der Waals surface area contributed by atoms with Crippen LogP contribution in [0.3, 0.4) is 0 Å². The summed E-state index contributed by atoms with van der Waals surface area (Å²) in [5.41, 5.74) is -0.539. The lowest BCUT2D eigenvalue weighted by molar-refractivity contribution is 0.0699. The predicted octanol–water partition coefficient (Wildman–Crippen LogP) is -0.294. The molecule has 0 atom stereocenters. The maximum atomic E-state index is 11.8. The first-order chi connectivity index (χ1) is 9.08. The zero-order valence-corrected chi connectivity index (χ0v) is 11.5. The van der Waals surface area contributed by atoms with Crippen molar-refractivity contribution in [3.8, 4) is 0 Å². The molecule has 0 amide bonds. The fraction of sp³-hybridized carbons (Fsp3) is 0.545. The maximum absolute atomic E-state index is 11.8. The molecule has 1 aromatic heterocycles. The molecule has 7 nitrogen and oxygen atoms in total. The molecule has 0 aromatic carbocycles. The van der Waals surface area contributed by atoms with Crippen LogP contribution in [0, 0.1) is 0 Å². The van der Waals surface area contributed by atoms with Gasteiger partial charge in [0.25, 0.3) is 0 Å². The van der Waals surface area contributed by atoms with Crippen LogP contribution < -0.4 is 10.2 Å². The van der Waals surface area contributed by atoms with E-state index in [4.69, 9.17) is 9.47 Å². The maximum Gasteiger partial charge on any atom is 0.245 e. The van der Waals surface area contributed by atoms with Gasteiger partial charge in [0.1, 0.15) is 4.90 Å². The molecule has 108 valence electrons. The van der Waals surface area contributed by atoms with Gasteiger partial charge < -0.3 is 14.5 Å². The van der Waals surface area contributed by atoms with Crippen molar-refractivity contribution in [3.05, 3.63) is 28.7 Å². The molecule has 0 aliphatic rings. The molecule has 2 N–H and O–H groups in total. The Bertz CT molecular complexity index is 526. The molecule has 0 saturated heterocycles. The Morgan fingerprint density at radius 2 is 2.11 bits per heavy atom. The van der Waals surface area contributed by atoms with Crippen LogP contribution in [0.2, 0.25) is 0 Å². The number of aromatic nitrogens is 1. The number of hydrogen-bond acceptors (Lipinski definition) is 5. The van der Waals surface area contributed by atoms with Gasteiger partial charge in [-0.05, 0) is 6.42 Å². The number of ether oxygens (including phenoxy) is 2. The van der Waals surface area contributed by atoms with Crippen LogP contribution in [-0.2, 0) is 19.5 Å². The van der Waals surface area contributed by atoms with Crippen LogP contribution >= 0.6 is 0 Å². The van der Waals surface area contributed by atoms with Gasteiger partial charge in [0, 0.05) is 38.7 Å². The van der Waals surface area contributed by atoms with E-state index in [-0.39, 0.29) is 11.4 Å². The summed E-state index contributed by atoms with van der Waals surface area (Å²) >= 11 is 0. The monoisotopic (exact) mass is 290 g/mol. The van der Waals surface area contributed by atoms with Crippen molar-refractivity contribution in [2.45, 2.75) is 11.3 Å². The van der Waals surface area contributed by atoms with E-state index < -0.39 is 15.5 Å². The number of hydrogen-bond donors (Lipinski definition) is 2. The third kappa shape index (κ3) is 5.52. The van der Waals surface area contributed by atoms with Crippen LogP contribution in [-0.4, -0.2) is 46.9 Å². The van der Waals surface area contributed by atoms with Gasteiger partial charge in [-0.1, -0.05) is 0 Å². The largest absolute Gasteiger partial charge is 0.382 e. The van der Waals surface area contributed by atoms with Crippen molar-refractivity contribution in [2.75, 3.05) is 33.5 Å². The SMILES string of the molecule is COCCOCCCNS(=O)(=O)c1c[nH]ccc1=O.